The number of unbranched alkanes of at least 4 members (excludes halogenated alkanes) is 18. The second kappa shape index (κ2) is 40.6. The number of esters is 2. The molecule has 2 aromatic carbocycles. The van der Waals surface area contributed by atoms with Gasteiger partial charge < -0.3 is 40.5 Å². The van der Waals surface area contributed by atoms with E-state index in [-0.39, 0.29) is 54.2 Å². The lowest BCUT2D eigenvalue weighted by molar-refractivity contribution is -0.157. The highest BCUT2D eigenvalue weighted by Crippen LogP contribution is 2.38. The average Bonchev–Trinajstić information content (AvgIpc) is 3.32. The first-order valence-electron chi connectivity index (χ1n) is 26.5. The van der Waals surface area contributed by atoms with Crippen LogP contribution in [0.2, 0.25) is 0 Å². The van der Waals surface area contributed by atoms with Gasteiger partial charge in [-0.2, -0.15) is 0 Å². The van der Waals surface area contributed by atoms with E-state index in [9.17, 15) is 34.5 Å². The van der Waals surface area contributed by atoms with Crippen molar-refractivity contribution in [2.24, 2.45) is 10.8 Å². The third-order valence-corrected chi connectivity index (χ3v) is 12.4. The topological polar surface area (TPSA) is 192 Å². The summed E-state index contributed by atoms with van der Waals surface area (Å²) in [6.45, 7) is 24.3. The van der Waals surface area contributed by atoms with E-state index < -0.39 is 10.8 Å². The molecule has 2 aromatic rings. The van der Waals surface area contributed by atoms with Gasteiger partial charge in [-0.25, -0.2) is 4.79 Å². The van der Waals surface area contributed by atoms with Crippen molar-refractivity contribution in [3.05, 3.63) is 71.8 Å². The van der Waals surface area contributed by atoms with E-state index in [0.29, 0.717) is 63.1 Å². The Morgan fingerprint density at radius 3 is 1.28 bits per heavy atom. The molecular formula is C59H100N2O10. The summed E-state index contributed by atoms with van der Waals surface area (Å²) >= 11 is 0. The molecule has 1 atom stereocenters. The summed E-state index contributed by atoms with van der Waals surface area (Å²) in [5.41, 5.74) is 1.16. The van der Waals surface area contributed by atoms with E-state index in [0.717, 1.165) is 30.4 Å². The van der Waals surface area contributed by atoms with Crippen molar-refractivity contribution < 1.29 is 49.1 Å². The summed E-state index contributed by atoms with van der Waals surface area (Å²) < 4.78 is 10.6. The third-order valence-electron chi connectivity index (χ3n) is 12.4. The molecule has 12 nitrogen and oxygen atoms in total. The van der Waals surface area contributed by atoms with E-state index >= 15 is 0 Å². The maximum atomic E-state index is 13.0. The SMILES string of the molecule is C.C=C(C)C(=O)NCCc1ccc(O)c(O)c1.C=C(C)C(=O)OCCCCCCCCCCCC.CCCCCCCCCCCCOC(=O)C(C)(C)CC(C)(CC)C(=O)NCCc1ccc(O)c(O)c1. The van der Waals surface area contributed by atoms with Crippen LogP contribution in [0.5, 0.6) is 23.0 Å². The van der Waals surface area contributed by atoms with Gasteiger partial charge in [-0.3, -0.25) is 14.4 Å². The monoisotopic (exact) mass is 997 g/mol. The summed E-state index contributed by atoms with van der Waals surface area (Å²) in [6, 6.07) is 9.24. The minimum atomic E-state index is -0.761. The van der Waals surface area contributed by atoms with Crippen molar-refractivity contribution in [3.8, 4) is 23.0 Å². The number of aromatic hydroxyl groups is 4. The predicted octanol–water partition coefficient (Wildman–Crippen LogP) is 14.0. The van der Waals surface area contributed by atoms with Crippen LogP contribution in [0.1, 0.15) is 215 Å². The van der Waals surface area contributed by atoms with Gasteiger partial charge in [-0.15, -0.1) is 0 Å². The van der Waals surface area contributed by atoms with Crippen molar-refractivity contribution in [2.45, 2.75) is 217 Å². The molecule has 0 aliphatic heterocycles. The van der Waals surface area contributed by atoms with Crippen molar-refractivity contribution >= 4 is 23.8 Å². The van der Waals surface area contributed by atoms with Crippen LogP contribution < -0.4 is 10.6 Å². The van der Waals surface area contributed by atoms with Gasteiger partial charge in [-0.1, -0.05) is 176 Å². The Hall–Kier alpha value is -5.00. The Morgan fingerprint density at radius 2 is 0.915 bits per heavy atom. The van der Waals surface area contributed by atoms with Crippen molar-refractivity contribution in [1.29, 1.82) is 0 Å². The van der Waals surface area contributed by atoms with E-state index in [1.807, 2.05) is 27.7 Å². The number of carbonyl (C=O) groups is 4. The molecule has 1 unspecified atom stereocenters. The van der Waals surface area contributed by atoms with Gasteiger partial charge in [0.15, 0.2) is 23.0 Å². The number of hydrogen-bond acceptors (Lipinski definition) is 10. The molecule has 0 fully saturated rings. The lowest BCUT2D eigenvalue weighted by atomic mass is 9.72. The molecule has 0 bridgehead atoms. The molecule has 0 aromatic heterocycles. The van der Waals surface area contributed by atoms with Crippen LogP contribution in [0, 0.1) is 10.8 Å². The molecule has 0 spiro atoms. The van der Waals surface area contributed by atoms with E-state index in [1.165, 1.54) is 133 Å². The Morgan fingerprint density at radius 1 is 0.535 bits per heavy atom. The molecule has 0 aliphatic rings. The number of amides is 2. The Labute approximate surface area is 430 Å². The molecule has 6 N–H and O–H groups in total. The Kier molecular flexibility index (Phi) is 38.9. The number of phenolic OH excluding ortho intramolecular Hbond substituents is 4. The summed E-state index contributed by atoms with van der Waals surface area (Å²) in [7, 11) is 0. The molecule has 406 valence electrons. The van der Waals surface area contributed by atoms with Crippen LogP contribution in [0.15, 0.2) is 60.7 Å². The minimum Gasteiger partial charge on any atom is -0.504 e. The molecule has 71 heavy (non-hydrogen) atoms. The standard InChI is InChI=1S/C30H51NO5.C16H30O2.C12H15NO3.CH4/c1-6-8-9-10-11-12-13-14-15-16-21-36-28(35)29(3,4)23-30(5,7-2)27(34)31-20-19-24-17-18-25(32)26(33)22-24;1-4-5-6-7-8-9-10-11-12-13-14-18-16(17)15(2)3;1-8(2)12(16)13-6-5-9-3-4-10(14)11(15)7-9;/h17-18,22,32-33H,6-16,19-21,23H2,1-5H3,(H,31,34);2,4-14H2,1,3H3;3-4,7,14-15H,1,5-6H2,2H3,(H,13,16);1H4. The van der Waals surface area contributed by atoms with E-state index in [1.54, 1.807) is 26.0 Å². The number of hydrogen-bond donors (Lipinski definition) is 6. The zero-order valence-corrected chi connectivity index (χ0v) is 44.9. The third kappa shape index (κ3) is 33.3. The van der Waals surface area contributed by atoms with Crippen LogP contribution in [0.4, 0.5) is 0 Å². The number of benzene rings is 2. The average molecular weight is 997 g/mol. The largest absolute Gasteiger partial charge is 0.504 e. The zero-order chi connectivity index (χ0) is 52.8. The van der Waals surface area contributed by atoms with Gasteiger partial charge in [0.25, 0.3) is 0 Å². The molecule has 0 saturated carbocycles. The first-order chi connectivity index (χ1) is 33.2. The van der Waals surface area contributed by atoms with Gasteiger partial charge in [0.2, 0.25) is 11.8 Å². The number of carbonyl (C=O) groups excluding carboxylic acids is 4. The quantitative estimate of drug-likeness (QED) is 0.0168. The maximum absolute atomic E-state index is 13.0. The second-order valence-electron chi connectivity index (χ2n) is 19.8. The number of phenols is 4. The molecule has 2 rings (SSSR count). The summed E-state index contributed by atoms with van der Waals surface area (Å²) in [5, 5.41) is 43.1. The molecule has 0 radical (unpaired) electrons. The Bertz CT molecular complexity index is 1810. The highest BCUT2D eigenvalue weighted by Gasteiger charge is 2.41. The van der Waals surface area contributed by atoms with Crippen LogP contribution in [0.25, 0.3) is 0 Å². The van der Waals surface area contributed by atoms with Gasteiger partial charge in [-0.05, 0) is 102 Å². The zero-order valence-electron chi connectivity index (χ0n) is 44.9. The first-order valence-corrected chi connectivity index (χ1v) is 26.5. The lowest BCUT2D eigenvalue weighted by Crippen LogP contribution is -2.44. The highest BCUT2D eigenvalue weighted by atomic mass is 16.5. The van der Waals surface area contributed by atoms with Crippen LogP contribution >= 0.6 is 0 Å². The smallest absolute Gasteiger partial charge is 0.333 e. The highest BCUT2D eigenvalue weighted by molar-refractivity contribution is 5.92. The lowest BCUT2D eigenvalue weighted by Gasteiger charge is -2.34. The van der Waals surface area contributed by atoms with Gasteiger partial charge in [0.1, 0.15) is 0 Å². The van der Waals surface area contributed by atoms with Crippen molar-refractivity contribution in [3.63, 3.8) is 0 Å². The molecule has 0 aliphatic carbocycles. The summed E-state index contributed by atoms with van der Waals surface area (Å²) in [5.74, 6) is -1.40. The van der Waals surface area contributed by atoms with Crippen molar-refractivity contribution in [1.82, 2.24) is 10.6 Å². The fourth-order valence-electron chi connectivity index (χ4n) is 7.69. The number of nitrogens with one attached hydrogen (secondary N) is 2. The molecular weight excluding hydrogens is 897 g/mol. The van der Waals surface area contributed by atoms with E-state index in [4.69, 9.17) is 14.6 Å². The van der Waals surface area contributed by atoms with Crippen molar-refractivity contribution in [2.75, 3.05) is 26.3 Å². The van der Waals surface area contributed by atoms with Gasteiger partial charge in [0, 0.05) is 29.7 Å². The second-order valence-corrected chi connectivity index (χ2v) is 19.8. The molecule has 12 heteroatoms. The van der Waals surface area contributed by atoms with Gasteiger partial charge >= 0.3 is 11.9 Å². The van der Waals surface area contributed by atoms with Gasteiger partial charge in [0.05, 0.1) is 18.6 Å². The normalized spacial score (nSPS) is 11.5. The van der Waals surface area contributed by atoms with Crippen LogP contribution in [0.3, 0.4) is 0 Å². The fourth-order valence-corrected chi connectivity index (χ4v) is 7.69. The number of ether oxygens (including phenoxy) is 2. The molecule has 0 saturated heterocycles. The number of rotatable bonds is 35. The Balaban J connectivity index is 0. The summed E-state index contributed by atoms with van der Waals surface area (Å²) in [6.07, 6.45) is 27.4. The van der Waals surface area contributed by atoms with Crippen LogP contribution in [-0.4, -0.2) is 70.5 Å². The summed E-state index contributed by atoms with van der Waals surface area (Å²) in [4.78, 5) is 48.1. The fraction of sp³-hybridized carbons (Fsp3) is 0.661. The molecule has 0 heterocycles. The predicted molar refractivity (Wildman–Crippen MR) is 292 cm³/mol. The first kappa shape index (κ1) is 68.1. The van der Waals surface area contributed by atoms with E-state index in [2.05, 4.69) is 37.6 Å². The maximum Gasteiger partial charge on any atom is 0.333 e. The molecule has 2 amide bonds. The minimum absolute atomic E-state index is 0. The van der Waals surface area contributed by atoms with Crippen LogP contribution in [-0.2, 0) is 41.5 Å².